The van der Waals surface area contributed by atoms with Crippen LogP contribution in [0.15, 0.2) is 59.9 Å². The van der Waals surface area contributed by atoms with Crippen LogP contribution in [0.25, 0.3) is 17.1 Å². The van der Waals surface area contributed by atoms with Crippen molar-refractivity contribution in [2.24, 2.45) is 0 Å². The molecule has 6 nitrogen and oxygen atoms in total. The maximum Gasteiger partial charge on any atom is 0.265 e. The van der Waals surface area contributed by atoms with Crippen LogP contribution in [0.1, 0.15) is 25.3 Å². The zero-order chi connectivity index (χ0) is 19.9. The molecule has 144 valence electrons. The molecule has 1 aromatic carbocycles. The molecule has 0 spiro atoms. The first-order chi connectivity index (χ1) is 13.5. The SMILES string of the molecule is CC(CCCc1cccnc1)NC(=O)/C=C/n1cnc2ccc(Cl)cc2c1=O. The first kappa shape index (κ1) is 19.8. The number of pyridine rings is 1. The van der Waals surface area contributed by atoms with Gasteiger partial charge in [-0.3, -0.25) is 19.1 Å². The number of hydrogen-bond acceptors (Lipinski definition) is 4. The monoisotopic (exact) mass is 396 g/mol. The predicted molar refractivity (Wildman–Crippen MR) is 111 cm³/mol. The predicted octanol–water partition coefficient (Wildman–Crippen LogP) is 3.44. The highest BCUT2D eigenvalue weighted by Crippen LogP contribution is 2.14. The smallest absolute Gasteiger partial charge is 0.265 e. The summed E-state index contributed by atoms with van der Waals surface area (Å²) in [6.07, 6.45) is 10.5. The third-order valence-electron chi connectivity index (χ3n) is 4.35. The number of rotatable bonds is 7. The van der Waals surface area contributed by atoms with Crippen LogP contribution < -0.4 is 10.9 Å². The van der Waals surface area contributed by atoms with Gasteiger partial charge in [-0.1, -0.05) is 17.7 Å². The van der Waals surface area contributed by atoms with Crippen molar-refractivity contribution in [3.05, 3.63) is 76.1 Å². The first-order valence-corrected chi connectivity index (χ1v) is 9.45. The fourth-order valence-corrected chi connectivity index (χ4v) is 3.06. The lowest BCUT2D eigenvalue weighted by Gasteiger charge is -2.12. The van der Waals surface area contributed by atoms with E-state index in [9.17, 15) is 9.59 Å². The van der Waals surface area contributed by atoms with Gasteiger partial charge in [0.25, 0.3) is 5.56 Å². The average molecular weight is 397 g/mol. The summed E-state index contributed by atoms with van der Waals surface area (Å²) in [6.45, 7) is 1.96. The summed E-state index contributed by atoms with van der Waals surface area (Å²) in [5, 5.41) is 3.77. The maximum absolute atomic E-state index is 12.5. The Balaban J connectivity index is 1.55. The van der Waals surface area contributed by atoms with Crippen LogP contribution in [0.3, 0.4) is 0 Å². The number of carbonyl (C=O) groups is 1. The van der Waals surface area contributed by atoms with E-state index in [2.05, 4.69) is 15.3 Å². The molecule has 1 amide bonds. The van der Waals surface area contributed by atoms with Crippen molar-refractivity contribution in [3.8, 4) is 0 Å². The summed E-state index contributed by atoms with van der Waals surface area (Å²) in [7, 11) is 0. The van der Waals surface area contributed by atoms with Crippen LogP contribution in [-0.2, 0) is 11.2 Å². The fourth-order valence-electron chi connectivity index (χ4n) is 2.88. The molecule has 2 aromatic heterocycles. The molecular formula is C21H21ClN4O2. The molecule has 3 rings (SSSR count). The van der Waals surface area contributed by atoms with E-state index in [1.165, 1.54) is 28.7 Å². The number of carbonyl (C=O) groups excluding carboxylic acids is 1. The Labute approximate surface area is 167 Å². The third kappa shape index (κ3) is 5.27. The van der Waals surface area contributed by atoms with Crippen LogP contribution in [-0.4, -0.2) is 26.5 Å². The van der Waals surface area contributed by atoms with Crippen LogP contribution in [0.4, 0.5) is 0 Å². The normalized spacial score (nSPS) is 12.4. The molecular weight excluding hydrogens is 376 g/mol. The highest BCUT2D eigenvalue weighted by molar-refractivity contribution is 6.31. The summed E-state index contributed by atoms with van der Waals surface area (Å²) in [5.41, 5.74) is 1.47. The number of benzene rings is 1. The van der Waals surface area contributed by atoms with Gasteiger partial charge in [0.05, 0.1) is 10.9 Å². The molecule has 1 unspecified atom stereocenters. The van der Waals surface area contributed by atoms with E-state index in [1.54, 1.807) is 24.4 Å². The minimum atomic E-state index is -0.277. The number of aryl methyl sites for hydroxylation is 1. The van der Waals surface area contributed by atoms with Crippen molar-refractivity contribution in [3.63, 3.8) is 0 Å². The van der Waals surface area contributed by atoms with E-state index in [1.807, 2.05) is 25.3 Å². The number of fused-ring (bicyclic) bond motifs is 1. The molecule has 2 heterocycles. The second-order valence-electron chi connectivity index (χ2n) is 6.60. The molecule has 3 aromatic rings. The van der Waals surface area contributed by atoms with E-state index >= 15 is 0 Å². The molecule has 0 radical (unpaired) electrons. The molecule has 1 atom stereocenters. The Bertz CT molecular complexity index is 1050. The highest BCUT2D eigenvalue weighted by atomic mass is 35.5. The van der Waals surface area contributed by atoms with Crippen LogP contribution in [0, 0.1) is 0 Å². The van der Waals surface area contributed by atoms with E-state index in [0.717, 1.165) is 19.3 Å². The van der Waals surface area contributed by atoms with Gasteiger partial charge in [0, 0.05) is 35.7 Å². The second-order valence-corrected chi connectivity index (χ2v) is 7.03. The Morgan fingerprint density at radius 2 is 2.21 bits per heavy atom. The van der Waals surface area contributed by atoms with Gasteiger partial charge < -0.3 is 5.32 Å². The standard InChI is InChI=1S/C21H21ClN4O2/c1-15(4-2-5-16-6-3-10-23-13-16)25-20(27)9-11-26-14-24-19-8-7-17(22)12-18(19)21(26)28/h3,6-15H,2,4-5H2,1H3,(H,25,27)/b11-9+. The average Bonchev–Trinajstić information content (AvgIpc) is 2.69. The van der Waals surface area contributed by atoms with Gasteiger partial charge in [-0.25, -0.2) is 4.98 Å². The Kier molecular flexibility index (Phi) is 6.55. The van der Waals surface area contributed by atoms with Crippen molar-refractivity contribution < 1.29 is 4.79 Å². The topological polar surface area (TPSA) is 76.9 Å². The van der Waals surface area contributed by atoms with Crippen molar-refractivity contribution in [1.29, 1.82) is 0 Å². The van der Waals surface area contributed by atoms with Gasteiger partial charge in [0.15, 0.2) is 0 Å². The van der Waals surface area contributed by atoms with Crippen molar-refractivity contribution >= 4 is 34.6 Å². The van der Waals surface area contributed by atoms with Crippen LogP contribution in [0.5, 0.6) is 0 Å². The van der Waals surface area contributed by atoms with Gasteiger partial charge in [-0.2, -0.15) is 0 Å². The van der Waals surface area contributed by atoms with Crippen LogP contribution >= 0.6 is 11.6 Å². The molecule has 0 aliphatic heterocycles. The number of nitrogens with one attached hydrogen (secondary N) is 1. The molecule has 0 aliphatic rings. The van der Waals surface area contributed by atoms with Gasteiger partial charge >= 0.3 is 0 Å². The Morgan fingerprint density at radius 3 is 3.00 bits per heavy atom. The summed E-state index contributed by atoms with van der Waals surface area (Å²) in [6, 6.07) is 8.93. The second kappa shape index (κ2) is 9.28. The third-order valence-corrected chi connectivity index (χ3v) is 4.58. The number of hydrogen-bond donors (Lipinski definition) is 1. The zero-order valence-electron chi connectivity index (χ0n) is 15.5. The Morgan fingerprint density at radius 1 is 1.36 bits per heavy atom. The molecule has 28 heavy (non-hydrogen) atoms. The minimum absolute atomic E-state index is 0.0269. The Hall–Kier alpha value is -2.99. The maximum atomic E-state index is 12.5. The van der Waals surface area contributed by atoms with Gasteiger partial charge in [0.1, 0.15) is 6.33 Å². The van der Waals surface area contributed by atoms with Crippen molar-refractivity contribution in [2.75, 3.05) is 0 Å². The molecule has 0 aliphatic carbocycles. The van der Waals surface area contributed by atoms with Crippen molar-refractivity contribution in [1.82, 2.24) is 19.9 Å². The number of nitrogens with zero attached hydrogens (tertiary/aromatic N) is 3. The molecule has 7 heteroatoms. The molecule has 0 saturated carbocycles. The quantitative estimate of drug-likeness (QED) is 0.620. The first-order valence-electron chi connectivity index (χ1n) is 9.07. The number of halogens is 1. The van der Waals surface area contributed by atoms with Crippen LogP contribution in [0.2, 0.25) is 5.02 Å². The van der Waals surface area contributed by atoms with Gasteiger partial charge in [-0.15, -0.1) is 0 Å². The summed E-state index contributed by atoms with van der Waals surface area (Å²) < 4.78 is 1.27. The largest absolute Gasteiger partial charge is 0.350 e. The summed E-state index contributed by atoms with van der Waals surface area (Å²) in [4.78, 5) is 32.9. The van der Waals surface area contributed by atoms with Crippen molar-refractivity contribution in [2.45, 2.75) is 32.2 Å². The lowest BCUT2D eigenvalue weighted by molar-refractivity contribution is -0.117. The zero-order valence-corrected chi connectivity index (χ0v) is 16.3. The number of amides is 1. The van der Waals surface area contributed by atoms with Gasteiger partial charge in [-0.05, 0) is 56.0 Å². The molecule has 1 N–H and O–H groups in total. The van der Waals surface area contributed by atoms with E-state index in [4.69, 9.17) is 11.6 Å². The summed E-state index contributed by atoms with van der Waals surface area (Å²) >= 11 is 5.95. The molecule has 0 fully saturated rings. The fraction of sp³-hybridized carbons (Fsp3) is 0.238. The lowest BCUT2D eigenvalue weighted by Crippen LogP contribution is -2.31. The highest BCUT2D eigenvalue weighted by Gasteiger charge is 2.06. The van der Waals surface area contributed by atoms with E-state index in [0.29, 0.717) is 15.9 Å². The van der Waals surface area contributed by atoms with E-state index in [-0.39, 0.29) is 17.5 Å². The van der Waals surface area contributed by atoms with E-state index < -0.39 is 0 Å². The minimum Gasteiger partial charge on any atom is -0.350 e. The molecule has 0 bridgehead atoms. The molecule has 0 saturated heterocycles. The van der Waals surface area contributed by atoms with Gasteiger partial charge in [0.2, 0.25) is 5.91 Å². The summed E-state index contributed by atoms with van der Waals surface area (Å²) in [5.74, 6) is -0.257. The number of aromatic nitrogens is 3. The lowest BCUT2D eigenvalue weighted by atomic mass is 10.1.